The van der Waals surface area contributed by atoms with Crippen molar-refractivity contribution in [2.75, 3.05) is 6.61 Å². The van der Waals surface area contributed by atoms with Crippen LogP contribution in [0.5, 0.6) is 5.75 Å². The predicted molar refractivity (Wildman–Crippen MR) is 66.0 cm³/mol. The van der Waals surface area contributed by atoms with Gasteiger partial charge in [0.1, 0.15) is 11.6 Å². The Hall–Kier alpha value is -1.87. The minimum Gasteiger partial charge on any atom is -0.493 e. The average molecular weight is 244 g/mol. The van der Waals surface area contributed by atoms with Crippen molar-refractivity contribution in [3.05, 3.63) is 65.5 Å². The van der Waals surface area contributed by atoms with Crippen molar-refractivity contribution in [2.45, 2.75) is 12.0 Å². The largest absolute Gasteiger partial charge is 0.493 e. The standard InChI is InChI=1S/C15H13FO2/c16-11-7-5-10(6-8-11)15(17)13-9-18-14-4-2-1-3-12(13)14/h1-8,13,15,17H,9H2. The predicted octanol–water partition coefficient (Wildman–Crippen LogP) is 3.04. The molecule has 3 rings (SSSR count). The zero-order chi connectivity index (χ0) is 12.5. The number of para-hydroxylation sites is 1. The molecule has 2 atom stereocenters. The third-order valence-electron chi connectivity index (χ3n) is 3.33. The maximum atomic E-state index is 12.9. The van der Waals surface area contributed by atoms with Crippen LogP contribution in [0.3, 0.4) is 0 Å². The molecule has 0 aliphatic carbocycles. The highest BCUT2D eigenvalue weighted by molar-refractivity contribution is 5.41. The molecule has 2 nitrogen and oxygen atoms in total. The van der Waals surface area contributed by atoms with E-state index in [1.807, 2.05) is 24.3 Å². The zero-order valence-corrected chi connectivity index (χ0v) is 9.71. The van der Waals surface area contributed by atoms with E-state index in [0.29, 0.717) is 12.2 Å². The number of fused-ring (bicyclic) bond motifs is 1. The van der Waals surface area contributed by atoms with Crippen LogP contribution >= 0.6 is 0 Å². The molecule has 2 unspecified atom stereocenters. The second kappa shape index (κ2) is 4.42. The molecule has 0 saturated carbocycles. The third-order valence-corrected chi connectivity index (χ3v) is 3.33. The monoisotopic (exact) mass is 244 g/mol. The molecule has 0 bridgehead atoms. The van der Waals surface area contributed by atoms with Crippen LogP contribution in [0.2, 0.25) is 0 Å². The van der Waals surface area contributed by atoms with Crippen molar-refractivity contribution in [1.82, 2.24) is 0 Å². The first-order valence-corrected chi connectivity index (χ1v) is 5.91. The van der Waals surface area contributed by atoms with E-state index in [1.165, 1.54) is 12.1 Å². The minimum absolute atomic E-state index is 0.0911. The summed E-state index contributed by atoms with van der Waals surface area (Å²) in [5.41, 5.74) is 1.72. The highest BCUT2D eigenvalue weighted by atomic mass is 19.1. The van der Waals surface area contributed by atoms with E-state index in [2.05, 4.69) is 0 Å². The number of benzene rings is 2. The molecule has 0 aromatic heterocycles. The smallest absolute Gasteiger partial charge is 0.123 e. The molecule has 1 heterocycles. The summed E-state index contributed by atoms with van der Waals surface area (Å²) in [6.45, 7) is 0.456. The Labute approximate surface area is 105 Å². The molecule has 18 heavy (non-hydrogen) atoms. The molecule has 0 fully saturated rings. The van der Waals surface area contributed by atoms with Crippen molar-refractivity contribution in [3.8, 4) is 5.75 Å². The van der Waals surface area contributed by atoms with Crippen LogP contribution in [0.1, 0.15) is 23.1 Å². The zero-order valence-electron chi connectivity index (χ0n) is 9.71. The van der Waals surface area contributed by atoms with E-state index >= 15 is 0 Å². The third kappa shape index (κ3) is 1.87. The maximum Gasteiger partial charge on any atom is 0.123 e. The SMILES string of the molecule is OC(c1ccc(F)cc1)C1COc2ccccc21. The lowest BCUT2D eigenvalue weighted by molar-refractivity contribution is 0.130. The van der Waals surface area contributed by atoms with Gasteiger partial charge >= 0.3 is 0 Å². The Morgan fingerprint density at radius 1 is 1.11 bits per heavy atom. The average Bonchev–Trinajstić information content (AvgIpc) is 2.82. The summed E-state index contributed by atoms with van der Waals surface area (Å²) in [5.74, 6) is 0.435. The van der Waals surface area contributed by atoms with E-state index in [0.717, 1.165) is 11.3 Å². The second-order valence-corrected chi connectivity index (χ2v) is 4.45. The summed E-state index contributed by atoms with van der Waals surface area (Å²) in [4.78, 5) is 0. The Balaban J connectivity index is 1.90. The van der Waals surface area contributed by atoms with E-state index < -0.39 is 6.10 Å². The molecular weight excluding hydrogens is 231 g/mol. The summed E-state index contributed by atoms with van der Waals surface area (Å²) in [7, 11) is 0. The van der Waals surface area contributed by atoms with E-state index in [-0.39, 0.29) is 11.7 Å². The Kier molecular flexibility index (Phi) is 2.76. The van der Waals surface area contributed by atoms with Gasteiger partial charge in [-0.05, 0) is 23.8 Å². The van der Waals surface area contributed by atoms with Crippen LogP contribution in [0, 0.1) is 5.82 Å². The van der Waals surface area contributed by atoms with Crippen LogP contribution in [0.4, 0.5) is 4.39 Å². The summed E-state index contributed by atoms with van der Waals surface area (Å²) in [5, 5.41) is 10.4. The van der Waals surface area contributed by atoms with Gasteiger partial charge in [-0.1, -0.05) is 30.3 Å². The number of aliphatic hydroxyl groups excluding tert-OH is 1. The molecule has 2 aromatic carbocycles. The number of ether oxygens (including phenoxy) is 1. The van der Waals surface area contributed by atoms with Gasteiger partial charge in [-0.2, -0.15) is 0 Å². The summed E-state index contributed by atoms with van der Waals surface area (Å²) in [6, 6.07) is 13.6. The van der Waals surface area contributed by atoms with E-state index in [1.54, 1.807) is 12.1 Å². The van der Waals surface area contributed by atoms with Gasteiger partial charge in [0.05, 0.1) is 18.6 Å². The van der Waals surface area contributed by atoms with Gasteiger partial charge in [-0.15, -0.1) is 0 Å². The molecule has 0 amide bonds. The fraction of sp³-hybridized carbons (Fsp3) is 0.200. The Bertz CT molecular complexity index is 551. The quantitative estimate of drug-likeness (QED) is 0.879. The van der Waals surface area contributed by atoms with Crippen molar-refractivity contribution >= 4 is 0 Å². The molecule has 1 N–H and O–H groups in total. The highest BCUT2D eigenvalue weighted by Crippen LogP contribution is 2.40. The molecule has 92 valence electrons. The Morgan fingerprint density at radius 2 is 1.83 bits per heavy atom. The first kappa shape index (κ1) is 11.2. The summed E-state index contributed by atoms with van der Waals surface area (Å²) in [6.07, 6.45) is -0.672. The number of halogens is 1. The fourth-order valence-electron chi connectivity index (χ4n) is 2.34. The molecule has 1 aliphatic rings. The van der Waals surface area contributed by atoms with Crippen LogP contribution < -0.4 is 4.74 Å². The lowest BCUT2D eigenvalue weighted by Crippen LogP contribution is -2.12. The number of hydrogen-bond acceptors (Lipinski definition) is 2. The maximum absolute atomic E-state index is 12.9. The van der Waals surface area contributed by atoms with Crippen LogP contribution in [0.25, 0.3) is 0 Å². The van der Waals surface area contributed by atoms with Gasteiger partial charge < -0.3 is 9.84 Å². The van der Waals surface area contributed by atoms with Crippen molar-refractivity contribution < 1.29 is 14.2 Å². The number of hydrogen-bond donors (Lipinski definition) is 1. The molecule has 0 spiro atoms. The van der Waals surface area contributed by atoms with Crippen LogP contribution in [-0.2, 0) is 0 Å². The van der Waals surface area contributed by atoms with E-state index in [4.69, 9.17) is 4.74 Å². The van der Waals surface area contributed by atoms with Crippen molar-refractivity contribution in [2.24, 2.45) is 0 Å². The molecule has 2 aromatic rings. The normalized spacial score (nSPS) is 19.1. The lowest BCUT2D eigenvalue weighted by Gasteiger charge is -2.17. The summed E-state index contributed by atoms with van der Waals surface area (Å²) < 4.78 is 18.4. The van der Waals surface area contributed by atoms with E-state index in [9.17, 15) is 9.50 Å². The van der Waals surface area contributed by atoms with Crippen LogP contribution in [-0.4, -0.2) is 11.7 Å². The van der Waals surface area contributed by atoms with Gasteiger partial charge in [0.15, 0.2) is 0 Å². The van der Waals surface area contributed by atoms with Crippen molar-refractivity contribution in [1.29, 1.82) is 0 Å². The molecule has 1 aliphatic heterocycles. The van der Waals surface area contributed by atoms with Gasteiger partial charge in [0.25, 0.3) is 0 Å². The topological polar surface area (TPSA) is 29.5 Å². The van der Waals surface area contributed by atoms with Gasteiger partial charge in [0.2, 0.25) is 0 Å². The van der Waals surface area contributed by atoms with Crippen LogP contribution in [0.15, 0.2) is 48.5 Å². The van der Waals surface area contributed by atoms with Gasteiger partial charge in [-0.25, -0.2) is 4.39 Å². The molecule has 3 heteroatoms. The summed E-state index contributed by atoms with van der Waals surface area (Å²) >= 11 is 0. The van der Waals surface area contributed by atoms with Gasteiger partial charge in [-0.3, -0.25) is 0 Å². The first-order valence-electron chi connectivity index (χ1n) is 5.91. The van der Waals surface area contributed by atoms with Gasteiger partial charge in [0, 0.05) is 5.56 Å². The molecular formula is C15H13FO2. The lowest BCUT2D eigenvalue weighted by atomic mass is 9.91. The molecule has 0 saturated heterocycles. The first-order chi connectivity index (χ1) is 8.75. The minimum atomic E-state index is -0.672. The van der Waals surface area contributed by atoms with Crippen molar-refractivity contribution in [3.63, 3.8) is 0 Å². The fourth-order valence-corrected chi connectivity index (χ4v) is 2.34. The number of aliphatic hydroxyl groups is 1. The highest BCUT2D eigenvalue weighted by Gasteiger charge is 2.30. The second-order valence-electron chi connectivity index (χ2n) is 4.45. The number of rotatable bonds is 2. The Morgan fingerprint density at radius 3 is 2.61 bits per heavy atom. The molecule has 0 radical (unpaired) electrons.